The SMILES string of the molecule is COC(=O)[C@@H]1CNCC12CN(C(=O)C1(C(F)(F)F)CC1)C2. The first kappa shape index (κ1) is 14.6. The van der Waals surface area contributed by atoms with Gasteiger partial charge in [-0.3, -0.25) is 9.59 Å². The summed E-state index contributed by atoms with van der Waals surface area (Å²) in [4.78, 5) is 25.1. The van der Waals surface area contributed by atoms with Gasteiger partial charge >= 0.3 is 12.1 Å². The van der Waals surface area contributed by atoms with Crippen LogP contribution in [0.3, 0.4) is 0 Å². The normalized spacial score (nSPS) is 29.1. The number of ether oxygens (including phenoxy) is 1. The standard InChI is InChI=1S/C13H17F3N2O3/c1-21-9(19)8-4-17-5-11(8)6-18(7-11)10(20)12(2-3-12)13(14,15)16/h8,17H,2-7H2,1H3/t8-/m0/s1. The molecule has 3 aliphatic rings. The molecule has 5 nitrogen and oxygen atoms in total. The second-order valence-corrected chi connectivity index (χ2v) is 6.31. The van der Waals surface area contributed by atoms with Gasteiger partial charge in [0.25, 0.3) is 0 Å². The van der Waals surface area contributed by atoms with Crippen molar-refractivity contribution >= 4 is 11.9 Å². The summed E-state index contributed by atoms with van der Waals surface area (Å²) in [5.74, 6) is -1.60. The number of nitrogens with zero attached hydrogens (tertiary/aromatic N) is 1. The first-order chi connectivity index (χ1) is 9.76. The van der Waals surface area contributed by atoms with E-state index in [1.165, 1.54) is 12.0 Å². The number of likely N-dealkylation sites (tertiary alicyclic amines) is 1. The summed E-state index contributed by atoms with van der Waals surface area (Å²) in [6.45, 7) is 1.35. The van der Waals surface area contributed by atoms with E-state index >= 15 is 0 Å². The van der Waals surface area contributed by atoms with E-state index in [2.05, 4.69) is 5.32 Å². The third-order valence-corrected chi connectivity index (χ3v) is 5.05. The minimum atomic E-state index is -4.48. The zero-order valence-corrected chi connectivity index (χ0v) is 11.6. The smallest absolute Gasteiger partial charge is 0.403 e. The van der Waals surface area contributed by atoms with Gasteiger partial charge in [-0.15, -0.1) is 0 Å². The Bertz CT molecular complexity index is 482. The molecule has 0 aromatic heterocycles. The van der Waals surface area contributed by atoms with Gasteiger partial charge in [-0.2, -0.15) is 13.2 Å². The zero-order valence-electron chi connectivity index (χ0n) is 11.6. The van der Waals surface area contributed by atoms with Crippen LogP contribution in [0.25, 0.3) is 0 Å². The van der Waals surface area contributed by atoms with Crippen LogP contribution in [0.2, 0.25) is 0 Å². The Morgan fingerprint density at radius 2 is 1.90 bits per heavy atom. The van der Waals surface area contributed by atoms with E-state index in [1.807, 2.05) is 0 Å². The number of rotatable bonds is 2. The lowest BCUT2D eigenvalue weighted by Gasteiger charge is -2.51. The molecule has 0 radical (unpaired) electrons. The van der Waals surface area contributed by atoms with Gasteiger partial charge in [0.15, 0.2) is 0 Å². The van der Waals surface area contributed by atoms with E-state index in [9.17, 15) is 22.8 Å². The number of esters is 1. The number of carbonyl (C=O) groups excluding carboxylic acids is 2. The van der Waals surface area contributed by atoms with Crippen LogP contribution >= 0.6 is 0 Å². The molecule has 1 aliphatic carbocycles. The van der Waals surface area contributed by atoms with Crippen LogP contribution in [0, 0.1) is 16.7 Å². The molecule has 0 aromatic rings. The van der Waals surface area contributed by atoms with E-state index in [-0.39, 0.29) is 31.9 Å². The minimum Gasteiger partial charge on any atom is -0.469 e. The maximum atomic E-state index is 13.0. The molecule has 2 saturated heterocycles. The summed E-state index contributed by atoms with van der Waals surface area (Å²) < 4.78 is 43.6. The third-order valence-electron chi connectivity index (χ3n) is 5.05. The van der Waals surface area contributed by atoms with Gasteiger partial charge in [0, 0.05) is 31.6 Å². The van der Waals surface area contributed by atoms with E-state index in [1.54, 1.807) is 0 Å². The molecule has 0 bridgehead atoms. The summed E-state index contributed by atoms with van der Waals surface area (Å²) in [5.41, 5.74) is -2.63. The number of hydrogen-bond acceptors (Lipinski definition) is 4. The van der Waals surface area contributed by atoms with Gasteiger partial charge in [-0.25, -0.2) is 0 Å². The first-order valence-electron chi connectivity index (χ1n) is 6.90. The molecule has 8 heteroatoms. The summed E-state index contributed by atoms with van der Waals surface area (Å²) in [5, 5.41) is 3.06. The van der Waals surface area contributed by atoms with Crippen LogP contribution < -0.4 is 5.32 Å². The minimum absolute atomic E-state index is 0.127. The lowest BCUT2D eigenvalue weighted by atomic mass is 9.71. The van der Waals surface area contributed by atoms with Crippen LogP contribution in [0.4, 0.5) is 13.2 Å². The second-order valence-electron chi connectivity index (χ2n) is 6.31. The second kappa shape index (κ2) is 4.34. The molecule has 21 heavy (non-hydrogen) atoms. The number of carbonyl (C=O) groups is 2. The maximum absolute atomic E-state index is 13.0. The van der Waals surface area contributed by atoms with Crippen molar-refractivity contribution in [1.82, 2.24) is 10.2 Å². The molecular formula is C13H17F3N2O3. The molecule has 3 fully saturated rings. The van der Waals surface area contributed by atoms with Crippen molar-refractivity contribution in [2.75, 3.05) is 33.3 Å². The van der Waals surface area contributed by atoms with Crippen molar-refractivity contribution in [2.45, 2.75) is 19.0 Å². The molecule has 3 rings (SSSR count). The van der Waals surface area contributed by atoms with E-state index in [0.29, 0.717) is 13.1 Å². The van der Waals surface area contributed by atoms with Crippen molar-refractivity contribution in [1.29, 1.82) is 0 Å². The third kappa shape index (κ3) is 1.95. The average molecular weight is 306 g/mol. The highest BCUT2D eigenvalue weighted by atomic mass is 19.4. The Hall–Kier alpha value is -1.31. The Labute approximate surface area is 119 Å². The fourth-order valence-electron chi connectivity index (χ4n) is 3.52. The van der Waals surface area contributed by atoms with Crippen molar-refractivity contribution in [3.63, 3.8) is 0 Å². The summed E-state index contributed by atoms with van der Waals surface area (Å²) in [6.07, 6.45) is -4.74. The van der Waals surface area contributed by atoms with Crippen LogP contribution in [0.15, 0.2) is 0 Å². The molecule has 1 saturated carbocycles. The van der Waals surface area contributed by atoms with Crippen molar-refractivity contribution in [3.8, 4) is 0 Å². The summed E-state index contributed by atoms with van der Waals surface area (Å²) in [7, 11) is 1.29. The topological polar surface area (TPSA) is 58.6 Å². The van der Waals surface area contributed by atoms with Gasteiger partial charge in [0.05, 0.1) is 13.0 Å². The quantitative estimate of drug-likeness (QED) is 0.757. The van der Waals surface area contributed by atoms with Crippen LogP contribution in [-0.2, 0) is 14.3 Å². The van der Waals surface area contributed by atoms with Crippen LogP contribution in [-0.4, -0.2) is 56.2 Å². The summed E-state index contributed by atoms with van der Waals surface area (Å²) >= 11 is 0. The van der Waals surface area contributed by atoms with Gasteiger partial charge in [-0.05, 0) is 12.8 Å². The molecule has 2 heterocycles. The van der Waals surface area contributed by atoms with Crippen molar-refractivity contribution in [3.05, 3.63) is 0 Å². The predicted molar refractivity (Wildman–Crippen MR) is 65.1 cm³/mol. The fourth-order valence-corrected chi connectivity index (χ4v) is 3.52. The van der Waals surface area contributed by atoms with E-state index in [0.717, 1.165) is 0 Å². The highest BCUT2D eigenvalue weighted by Gasteiger charge is 2.71. The number of nitrogens with one attached hydrogen (secondary N) is 1. The van der Waals surface area contributed by atoms with Gasteiger partial charge in [0.2, 0.25) is 5.91 Å². The predicted octanol–water partition coefficient (Wildman–Crippen LogP) is 0.550. The first-order valence-corrected chi connectivity index (χ1v) is 6.90. The molecule has 1 atom stereocenters. The van der Waals surface area contributed by atoms with Crippen LogP contribution in [0.5, 0.6) is 0 Å². The molecule has 0 aromatic carbocycles. The van der Waals surface area contributed by atoms with Crippen molar-refractivity contribution < 1.29 is 27.5 Å². The number of methoxy groups -OCH3 is 1. The molecule has 0 unspecified atom stereocenters. The summed E-state index contributed by atoms with van der Waals surface area (Å²) in [6, 6.07) is 0. The van der Waals surface area contributed by atoms with E-state index in [4.69, 9.17) is 4.74 Å². The largest absolute Gasteiger partial charge is 0.469 e. The molecule has 1 spiro atoms. The highest BCUT2D eigenvalue weighted by Crippen LogP contribution is 2.59. The van der Waals surface area contributed by atoms with Crippen LogP contribution in [0.1, 0.15) is 12.8 Å². The Morgan fingerprint density at radius 1 is 1.29 bits per heavy atom. The number of halogens is 3. The number of hydrogen-bond donors (Lipinski definition) is 1. The molecule has 118 valence electrons. The fraction of sp³-hybridized carbons (Fsp3) is 0.846. The molecular weight excluding hydrogens is 289 g/mol. The lowest BCUT2D eigenvalue weighted by Crippen LogP contribution is -2.65. The Kier molecular flexibility index (Phi) is 3.02. The van der Waals surface area contributed by atoms with E-state index < -0.39 is 28.8 Å². The van der Waals surface area contributed by atoms with Gasteiger partial charge < -0.3 is 15.0 Å². The monoisotopic (exact) mass is 306 g/mol. The molecule has 2 aliphatic heterocycles. The maximum Gasteiger partial charge on any atom is 0.403 e. The van der Waals surface area contributed by atoms with Crippen molar-refractivity contribution in [2.24, 2.45) is 16.7 Å². The zero-order chi connectivity index (χ0) is 15.5. The molecule has 1 amide bonds. The lowest BCUT2D eigenvalue weighted by molar-refractivity contribution is -0.206. The van der Waals surface area contributed by atoms with Gasteiger partial charge in [0.1, 0.15) is 5.41 Å². The number of alkyl halides is 3. The number of amides is 1. The Balaban J connectivity index is 1.68. The highest BCUT2D eigenvalue weighted by molar-refractivity contribution is 5.87. The molecule has 1 N–H and O–H groups in total. The van der Waals surface area contributed by atoms with Gasteiger partial charge in [-0.1, -0.05) is 0 Å². The average Bonchev–Trinajstić information content (AvgIpc) is 3.08. The Morgan fingerprint density at radius 3 is 2.38 bits per heavy atom.